The molecule has 1 aromatic heterocycles. The minimum atomic E-state index is -1.06. The van der Waals surface area contributed by atoms with Crippen LogP contribution < -0.4 is 0 Å². The van der Waals surface area contributed by atoms with Crippen LogP contribution in [0.1, 0.15) is 30.2 Å². The molecule has 0 amide bonds. The molecule has 100 valence electrons. The van der Waals surface area contributed by atoms with Gasteiger partial charge in [0.05, 0.1) is 0 Å². The van der Waals surface area contributed by atoms with E-state index in [0.717, 1.165) is 0 Å². The molecule has 0 unspecified atom stereocenters. The first-order valence-corrected chi connectivity index (χ1v) is 6.47. The molecule has 1 heterocycles. The summed E-state index contributed by atoms with van der Waals surface area (Å²) in [6, 6.07) is 4.13. The van der Waals surface area contributed by atoms with E-state index in [9.17, 15) is 14.3 Å². The number of hydrogen-bond acceptors (Lipinski definition) is 2. The third-order valence-corrected chi connectivity index (χ3v) is 3.33. The minimum absolute atomic E-state index is 0.0473. The van der Waals surface area contributed by atoms with Gasteiger partial charge in [-0.15, -0.1) is 0 Å². The van der Waals surface area contributed by atoms with E-state index >= 15 is 0 Å². The first-order valence-electron chi connectivity index (χ1n) is 5.68. The number of carboxylic acid groups (broad SMARTS) is 1. The molecular formula is C13H12BrFN2O2. The van der Waals surface area contributed by atoms with Gasteiger partial charge in [0, 0.05) is 22.3 Å². The lowest BCUT2D eigenvalue weighted by Crippen LogP contribution is -2.00. The van der Waals surface area contributed by atoms with Crippen LogP contribution in [0.4, 0.5) is 4.39 Å². The number of rotatable bonds is 3. The van der Waals surface area contributed by atoms with Crippen molar-refractivity contribution in [3.8, 4) is 11.3 Å². The molecule has 0 saturated heterocycles. The Labute approximate surface area is 118 Å². The number of carboxylic acids is 1. The lowest BCUT2D eigenvalue weighted by Gasteiger charge is -2.04. The highest BCUT2D eigenvalue weighted by Gasteiger charge is 2.20. The Hall–Kier alpha value is -1.69. The Kier molecular flexibility index (Phi) is 3.71. The van der Waals surface area contributed by atoms with E-state index in [0.29, 0.717) is 15.7 Å². The van der Waals surface area contributed by atoms with E-state index in [4.69, 9.17) is 0 Å². The molecule has 4 nitrogen and oxygen atoms in total. The van der Waals surface area contributed by atoms with Crippen LogP contribution in [-0.2, 0) is 0 Å². The van der Waals surface area contributed by atoms with Crippen molar-refractivity contribution in [1.29, 1.82) is 0 Å². The zero-order valence-corrected chi connectivity index (χ0v) is 12.0. The maximum absolute atomic E-state index is 13.1. The van der Waals surface area contributed by atoms with Crippen molar-refractivity contribution in [1.82, 2.24) is 9.78 Å². The van der Waals surface area contributed by atoms with Crippen molar-refractivity contribution >= 4 is 21.9 Å². The summed E-state index contributed by atoms with van der Waals surface area (Å²) >= 11 is 3.23. The summed E-state index contributed by atoms with van der Waals surface area (Å²) in [6.45, 7) is 3.81. The summed E-state index contributed by atoms with van der Waals surface area (Å²) in [4.78, 5) is 11.3. The lowest BCUT2D eigenvalue weighted by molar-refractivity contribution is 0.0697. The molecule has 0 aliphatic rings. The van der Waals surface area contributed by atoms with Crippen molar-refractivity contribution in [3.63, 3.8) is 0 Å². The normalized spacial score (nSPS) is 11.0. The zero-order valence-electron chi connectivity index (χ0n) is 10.4. The van der Waals surface area contributed by atoms with Crippen molar-refractivity contribution in [2.75, 3.05) is 0 Å². The van der Waals surface area contributed by atoms with E-state index in [1.165, 1.54) is 24.4 Å². The molecule has 2 aromatic rings. The lowest BCUT2D eigenvalue weighted by atomic mass is 10.1. The highest BCUT2D eigenvalue weighted by molar-refractivity contribution is 9.10. The van der Waals surface area contributed by atoms with Crippen molar-refractivity contribution < 1.29 is 14.3 Å². The average molecular weight is 327 g/mol. The number of aromatic nitrogens is 2. The van der Waals surface area contributed by atoms with Crippen LogP contribution >= 0.6 is 15.9 Å². The summed E-state index contributed by atoms with van der Waals surface area (Å²) in [5, 5.41) is 13.5. The zero-order chi connectivity index (χ0) is 14.2. The van der Waals surface area contributed by atoms with Gasteiger partial charge in [0.1, 0.15) is 17.1 Å². The fourth-order valence-corrected chi connectivity index (χ4v) is 2.23. The number of aromatic carboxylic acids is 1. The number of carbonyl (C=O) groups is 1. The van der Waals surface area contributed by atoms with Crippen LogP contribution in [0.15, 0.2) is 28.9 Å². The van der Waals surface area contributed by atoms with Gasteiger partial charge in [0.2, 0.25) is 0 Å². The Morgan fingerprint density at radius 3 is 2.68 bits per heavy atom. The second kappa shape index (κ2) is 5.13. The number of nitrogens with zero attached hydrogens (tertiary/aromatic N) is 2. The second-order valence-electron chi connectivity index (χ2n) is 4.39. The van der Waals surface area contributed by atoms with Crippen LogP contribution in [0.25, 0.3) is 11.3 Å². The molecule has 1 aromatic carbocycles. The highest BCUT2D eigenvalue weighted by atomic mass is 79.9. The summed E-state index contributed by atoms with van der Waals surface area (Å²) in [5.41, 5.74) is 0.979. The fraction of sp³-hybridized carbons (Fsp3) is 0.231. The smallest absolute Gasteiger partial charge is 0.339 e. The SMILES string of the molecule is CC(C)n1cc(C(=O)O)c(-c2ccc(F)cc2Br)n1. The van der Waals surface area contributed by atoms with Crippen molar-refractivity contribution in [2.24, 2.45) is 0 Å². The van der Waals surface area contributed by atoms with Crippen molar-refractivity contribution in [3.05, 3.63) is 40.2 Å². The van der Waals surface area contributed by atoms with Crippen LogP contribution in [0.2, 0.25) is 0 Å². The van der Waals surface area contributed by atoms with Crippen LogP contribution in [0, 0.1) is 5.82 Å². The van der Waals surface area contributed by atoms with Gasteiger partial charge in [0.15, 0.2) is 0 Å². The molecule has 0 aliphatic heterocycles. The Morgan fingerprint density at radius 2 is 2.16 bits per heavy atom. The molecule has 0 aliphatic carbocycles. The van der Waals surface area contributed by atoms with Gasteiger partial charge in [-0.25, -0.2) is 9.18 Å². The third-order valence-electron chi connectivity index (χ3n) is 2.68. The Morgan fingerprint density at radius 1 is 1.47 bits per heavy atom. The van der Waals surface area contributed by atoms with Crippen LogP contribution in [-0.4, -0.2) is 20.9 Å². The van der Waals surface area contributed by atoms with Crippen molar-refractivity contribution in [2.45, 2.75) is 19.9 Å². The monoisotopic (exact) mass is 326 g/mol. The van der Waals surface area contributed by atoms with Gasteiger partial charge in [-0.3, -0.25) is 4.68 Å². The summed E-state index contributed by atoms with van der Waals surface area (Å²) in [7, 11) is 0. The minimum Gasteiger partial charge on any atom is -0.478 e. The van der Waals surface area contributed by atoms with Gasteiger partial charge in [0.25, 0.3) is 0 Å². The second-order valence-corrected chi connectivity index (χ2v) is 5.25. The molecule has 6 heteroatoms. The van der Waals surface area contributed by atoms with E-state index in [1.807, 2.05) is 13.8 Å². The molecule has 19 heavy (non-hydrogen) atoms. The van der Waals surface area contributed by atoms with Gasteiger partial charge in [-0.2, -0.15) is 5.10 Å². The quantitative estimate of drug-likeness (QED) is 0.934. The topological polar surface area (TPSA) is 55.1 Å². The van der Waals surface area contributed by atoms with Gasteiger partial charge < -0.3 is 5.11 Å². The highest BCUT2D eigenvalue weighted by Crippen LogP contribution is 2.30. The summed E-state index contributed by atoms with van der Waals surface area (Å²) in [6.07, 6.45) is 1.48. The molecular weight excluding hydrogens is 315 g/mol. The number of hydrogen-bond donors (Lipinski definition) is 1. The predicted molar refractivity (Wildman–Crippen MR) is 72.7 cm³/mol. The van der Waals surface area contributed by atoms with Gasteiger partial charge in [-0.05, 0) is 48.0 Å². The van der Waals surface area contributed by atoms with E-state index in [-0.39, 0.29) is 11.6 Å². The molecule has 1 N–H and O–H groups in total. The molecule has 2 rings (SSSR count). The third kappa shape index (κ3) is 2.68. The van der Waals surface area contributed by atoms with Crippen LogP contribution in [0.5, 0.6) is 0 Å². The molecule has 0 saturated carbocycles. The largest absolute Gasteiger partial charge is 0.478 e. The fourth-order valence-electron chi connectivity index (χ4n) is 1.69. The van der Waals surface area contributed by atoms with E-state index in [1.54, 1.807) is 4.68 Å². The van der Waals surface area contributed by atoms with Crippen LogP contribution in [0.3, 0.4) is 0 Å². The molecule has 0 radical (unpaired) electrons. The standard InChI is InChI=1S/C13H12BrFN2O2/c1-7(2)17-6-10(13(18)19)12(16-17)9-4-3-8(15)5-11(9)14/h3-7H,1-2H3,(H,18,19). The number of halogens is 2. The Bertz CT molecular complexity index is 638. The number of benzene rings is 1. The van der Waals surface area contributed by atoms with E-state index in [2.05, 4.69) is 21.0 Å². The molecule has 0 bridgehead atoms. The summed E-state index contributed by atoms with van der Waals surface area (Å²) < 4.78 is 15.1. The van der Waals surface area contributed by atoms with Gasteiger partial charge in [-0.1, -0.05) is 0 Å². The maximum atomic E-state index is 13.1. The summed E-state index contributed by atoms with van der Waals surface area (Å²) in [5.74, 6) is -1.45. The first kappa shape index (κ1) is 13.7. The van der Waals surface area contributed by atoms with Gasteiger partial charge >= 0.3 is 5.97 Å². The maximum Gasteiger partial charge on any atom is 0.339 e. The Balaban J connectivity index is 2.63. The average Bonchev–Trinajstić information content (AvgIpc) is 2.73. The first-order chi connectivity index (χ1) is 8.90. The molecule has 0 spiro atoms. The molecule has 0 fully saturated rings. The predicted octanol–water partition coefficient (Wildman–Crippen LogP) is 3.73. The molecule has 0 atom stereocenters. The van der Waals surface area contributed by atoms with E-state index < -0.39 is 11.8 Å².